The van der Waals surface area contributed by atoms with Crippen LogP contribution in [0.4, 0.5) is 0 Å². The number of amides is 1. The first-order chi connectivity index (χ1) is 13.2. The van der Waals surface area contributed by atoms with Crippen LogP contribution in [0.15, 0.2) is 54.2 Å². The Morgan fingerprint density at radius 1 is 1.33 bits per heavy atom. The Labute approximate surface area is 165 Å². The van der Waals surface area contributed by atoms with Gasteiger partial charge in [0.15, 0.2) is 5.82 Å². The smallest absolute Gasteiger partial charge is 0.244 e. The van der Waals surface area contributed by atoms with E-state index in [0.717, 1.165) is 21.8 Å². The molecule has 1 N–H and O–H groups in total. The van der Waals surface area contributed by atoms with Gasteiger partial charge in [0.25, 0.3) is 0 Å². The maximum Gasteiger partial charge on any atom is 0.244 e. The molecule has 7 heteroatoms. The lowest BCUT2D eigenvalue weighted by Gasteiger charge is -2.12. The molecule has 0 aliphatic carbocycles. The van der Waals surface area contributed by atoms with Gasteiger partial charge >= 0.3 is 0 Å². The van der Waals surface area contributed by atoms with Crippen LogP contribution in [0.5, 0.6) is 5.75 Å². The summed E-state index contributed by atoms with van der Waals surface area (Å²) in [6.45, 7) is 0.412. The van der Waals surface area contributed by atoms with E-state index in [-0.39, 0.29) is 12.0 Å². The molecule has 27 heavy (non-hydrogen) atoms. The third kappa shape index (κ3) is 4.18. The second-order valence-corrected chi connectivity index (χ2v) is 7.47. The Balaban J connectivity index is 1.43. The summed E-state index contributed by atoms with van der Waals surface area (Å²) in [6, 6.07) is 9.37. The Bertz CT molecular complexity index is 974. The maximum atomic E-state index is 12.0. The van der Waals surface area contributed by atoms with Crippen molar-refractivity contribution in [2.45, 2.75) is 12.5 Å². The van der Waals surface area contributed by atoms with Crippen molar-refractivity contribution >= 4 is 34.9 Å². The first kappa shape index (κ1) is 17.7. The number of carbonyl (C=O) groups excluding carboxylic acids is 1. The molecule has 0 fully saturated rings. The van der Waals surface area contributed by atoms with E-state index < -0.39 is 0 Å². The van der Waals surface area contributed by atoms with E-state index >= 15 is 0 Å². The zero-order valence-corrected chi connectivity index (χ0v) is 15.8. The Hall–Kier alpha value is -2.70. The molecule has 0 spiro atoms. The number of benzene rings is 1. The summed E-state index contributed by atoms with van der Waals surface area (Å²) in [6.07, 6.45) is 7.22. The summed E-state index contributed by atoms with van der Waals surface area (Å²) >= 11 is 7.84. The molecule has 5 nitrogen and oxygen atoms in total. The van der Waals surface area contributed by atoms with Gasteiger partial charge in [-0.3, -0.25) is 4.79 Å². The van der Waals surface area contributed by atoms with E-state index in [0.29, 0.717) is 23.8 Å². The molecule has 3 heterocycles. The SMILES string of the molecule is O=C(/C=C/c1cccs1)NC[C@@H]1Cc2cc(Cl)cc(-c3ncccn3)c2O1. The number of halogens is 1. The lowest BCUT2D eigenvalue weighted by molar-refractivity contribution is -0.116. The predicted molar refractivity (Wildman–Crippen MR) is 107 cm³/mol. The molecule has 1 atom stereocenters. The number of rotatable bonds is 5. The number of ether oxygens (including phenoxy) is 1. The summed E-state index contributed by atoms with van der Waals surface area (Å²) in [5.74, 6) is 1.16. The first-order valence-corrected chi connectivity index (χ1v) is 9.70. The Morgan fingerprint density at radius 2 is 2.19 bits per heavy atom. The molecule has 3 aromatic rings. The molecular weight excluding hydrogens is 382 g/mol. The molecule has 2 aromatic heterocycles. The summed E-state index contributed by atoms with van der Waals surface area (Å²) in [5, 5.41) is 5.47. The standard InChI is InChI=1S/C20H16ClN3O2S/c21-14-9-13-10-15(12-24-18(25)5-4-16-3-1-8-27-16)26-19(13)17(11-14)20-22-6-2-7-23-20/h1-9,11,15H,10,12H2,(H,24,25)/b5-4+/t15-/m0/s1. The second-order valence-electron chi connectivity index (χ2n) is 6.05. The van der Waals surface area contributed by atoms with Crippen molar-refractivity contribution in [3.63, 3.8) is 0 Å². The minimum atomic E-state index is -0.153. The molecule has 1 amide bonds. The second kappa shape index (κ2) is 7.90. The largest absolute Gasteiger partial charge is 0.487 e. The topological polar surface area (TPSA) is 64.1 Å². The minimum absolute atomic E-state index is 0.146. The first-order valence-electron chi connectivity index (χ1n) is 8.45. The molecule has 0 saturated carbocycles. The van der Waals surface area contributed by atoms with Crippen molar-refractivity contribution in [3.05, 3.63) is 69.6 Å². The van der Waals surface area contributed by atoms with Crippen molar-refractivity contribution in [2.24, 2.45) is 0 Å². The molecule has 4 rings (SSSR count). The van der Waals surface area contributed by atoms with E-state index in [1.807, 2.05) is 23.6 Å². The monoisotopic (exact) mass is 397 g/mol. The van der Waals surface area contributed by atoms with Gasteiger partial charge in [0, 0.05) is 40.4 Å². The fourth-order valence-electron chi connectivity index (χ4n) is 2.93. The molecule has 1 aliphatic rings. The molecular formula is C20H16ClN3O2S. The van der Waals surface area contributed by atoms with Crippen LogP contribution in [0.2, 0.25) is 5.02 Å². The number of hydrogen-bond acceptors (Lipinski definition) is 5. The van der Waals surface area contributed by atoms with Crippen molar-refractivity contribution in [1.82, 2.24) is 15.3 Å². The molecule has 1 aromatic carbocycles. The van der Waals surface area contributed by atoms with Gasteiger partial charge in [-0.15, -0.1) is 11.3 Å². The predicted octanol–water partition coefficient (Wildman–Crippen LogP) is 3.99. The number of fused-ring (bicyclic) bond motifs is 1. The van der Waals surface area contributed by atoms with E-state index in [4.69, 9.17) is 16.3 Å². The van der Waals surface area contributed by atoms with Gasteiger partial charge in [-0.05, 0) is 35.7 Å². The lowest BCUT2D eigenvalue weighted by atomic mass is 10.1. The molecule has 0 unspecified atom stereocenters. The zero-order chi connectivity index (χ0) is 18.6. The number of thiophene rings is 1. The van der Waals surface area contributed by atoms with Crippen LogP contribution in [0, 0.1) is 0 Å². The van der Waals surface area contributed by atoms with Gasteiger partial charge in [-0.1, -0.05) is 17.7 Å². The zero-order valence-electron chi connectivity index (χ0n) is 14.3. The Morgan fingerprint density at radius 3 is 2.96 bits per heavy atom. The van der Waals surface area contributed by atoms with Crippen molar-refractivity contribution < 1.29 is 9.53 Å². The third-order valence-corrected chi connectivity index (χ3v) is 5.17. The quantitative estimate of drug-likeness (QED) is 0.661. The Kier molecular flexibility index (Phi) is 5.18. The molecule has 0 radical (unpaired) electrons. The summed E-state index contributed by atoms with van der Waals surface area (Å²) in [7, 11) is 0. The van der Waals surface area contributed by atoms with Gasteiger partial charge in [0.1, 0.15) is 11.9 Å². The number of aromatic nitrogens is 2. The highest BCUT2D eigenvalue weighted by molar-refractivity contribution is 7.10. The van der Waals surface area contributed by atoms with Crippen LogP contribution in [0.1, 0.15) is 10.4 Å². The highest BCUT2D eigenvalue weighted by Gasteiger charge is 2.27. The average Bonchev–Trinajstić information content (AvgIpc) is 3.34. The third-order valence-electron chi connectivity index (χ3n) is 4.12. The number of nitrogens with zero attached hydrogens (tertiary/aromatic N) is 2. The van der Waals surface area contributed by atoms with Crippen LogP contribution in [0.25, 0.3) is 17.5 Å². The van der Waals surface area contributed by atoms with Gasteiger partial charge in [0.05, 0.1) is 12.1 Å². The fraction of sp³-hybridized carbons (Fsp3) is 0.150. The van der Waals surface area contributed by atoms with Crippen molar-refractivity contribution in [2.75, 3.05) is 6.54 Å². The lowest BCUT2D eigenvalue weighted by Crippen LogP contribution is -2.33. The molecule has 0 saturated heterocycles. The summed E-state index contributed by atoms with van der Waals surface area (Å²) in [5.41, 5.74) is 1.77. The number of carbonyl (C=O) groups is 1. The summed E-state index contributed by atoms with van der Waals surface area (Å²) in [4.78, 5) is 21.6. The molecule has 0 bridgehead atoms. The highest BCUT2D eigenvalue weighted by Crippen LogP contribution is 2.39. The maximum absolute atomic E-state index is 12.0. The normalized spacial score (nSPS) is 15.5. The average molecular weight is 398 g/mol. The van der Waals surface area contributed by atoms with E-state index in [1.54, 1.807) is 41.9 Å². The molecule has 1 aliphatic heterocycles. The van der Waals surface area contributed by atoms with Crippen LogP contribution in [0.3, 0.4) is 0 Å². The van der Waals surface area contributed by atoms with E-state index in [1.165, 1.54) is 6.08 Å². The van der Waals surface area contributed by atoms with E-state index in [9.17, 15) is 4.79 Å². The number of nitrogens with one attached hydrogen (secondary N) is 1. The van der Waals surface area contributed by atoms with Crippen LogP contribution in [-0.2, 0) is 11.2 Å². The molecule has 136 valence electrons. The van der Waals surface area contributed by atoms with Gasteiger partial charge < -0.3 is 10.1 Å². The van der Waals surface area contributed by atoms with Crippen molar-refractivity contribution in [3.8, 4) is 17.1 Å². The highest BCUT2D eigenvalue weighted by atomic mass is 35.5. The van der Waals surface area contributed by atoms with Gasteiger partial charge in [0.2, 0.25) is 5.91 Å². The van der Waals surface area contributed by atoms with Crippen LogP contribution >= 0.6 is 22.9 Å². The fourth-order valence-corrected chi connectivity index (χ4v) is 3.79. The van der Waals surface area contributed by atoms with Gasteiger partial charge in [-0.2, -0.15) is 0 Å². The van der Waals surface area contributed by atoms with Crippen LogP contribution < -0.4 is 10.1 Å². The van der Waals surface area contributed by atoms with Crippen LogP contribution in [-0.4, -0.2) is 28.5 Å². The number of hydrogen-bond donors (Lipinski definition) is 1. The van der Waals surface area contributed by atoms with Crippen molar-refractivity contribution in [1.29, 1.82) is 0 Å². The summed E-state index contributed by atoms with van der Waals surface area (Å²) < 4.78 is 6.07. The van der Waals surface area contributed by atoms with E-state index in [2.05, 4.69) is 15.3 Å². The van der Waals surface area contributed by atoms with Gasteiger partial charge in [-0.25, -0.2) is 9.97 Å². The minimum Gasteiger partial charge on any atom is -0.487 e.